The van der Waals surface area contributed by atoms with E-state index in [0.717, 1.165) is 63.9 Å². The number of hydrogen-bond donors (Lipinski definition) is 0. The van der Waals surface area contributed by atoms with E-state index in [4.69, 9.17) is 9.26 Å². The molecule has 0 aromatic carbocycles. The summed E-state index contributed by atoms with van der Waals surface area (Å²) in [5.41, 5.74) is 0.836. The first-order valence-electron chi connectivity index (χ1n) is 9.28. The number of morpholine rings is 1. The van der Waals surface area contributed by atoms with Crippen LogP contribution in [0.15, 0.2) is 22.9 Å². The van der Waals surface area contributed by atoms with E-state index < -0.39 is 0 Å². The Labute approximate surface area is 157 Å². The zero-order valence-electron chi connectivity index (χ0n) is 15.5. The van der Waals surface area contributed by atoms with E-state index in [1.54, 1.807) is 13.1 Å². The smallest absolute Gasteiger partial charge is 0.241 e. The van der Waals surface area contributed by atoms with Crippen LogP contribution in [0.4, 0.5) is 5.82 Å². The standard InChI is InChI=1S/C18H24N6O3/c1-14(25)23-6-4-22(5-7-23)13-17-20-18(21-27-17)15-2-3-16(19-12-15)24-8-10-26-11-9-24/h2-3,12H,4-11,13H2,1H3. The SMILES string of the molecule is CC(=O)N1CCN(Cc2nc(-c3ccc(N4CCOCC4)nc3)no2)CC1. The molecule has 9 nitrogen and oxygen atoms in total. The van der Waals surface area contributed by atoms with Gasteiger partial charge in [0.05, 0.1) is 19.8 Å². The lowest BCUT2D eigenvalue weighted by molar-refractivity contribution is -0.130. The normalized spacial score (nSPS) is 18.7. The van der Waals surface area contributed by atoms with Gasteiger partial charge in [-0.1, -0.05) is 5.16 Å². The number of nitrogens with zero attached hydrogens (tertiary/aromatic N) is 6. The topological polar surface area (TPSA) is 87.8 Å². The molecule has 2 saturated heterocycles. The van der Waals surface area contributed by atoms with Crippen LogP contribution in [0.5, 0.6) is 0 Å². The van der Waals surface area contributed by atoms with Gasteiger partial charge in [-0.15, -0.1) is 0 Å². The van der Waals surface area contributed by atoms with Crippen molar-refractivity contribution in [2.45, 2.75) is 13.5 Å². The van der Waals surface area contributed by atoms with Gasteiger partial charge in [0.15, 0.2) is 0 Å². The molecule has 0 atom stereocenters. The Hall–Kier alpha value is -2.52. The summed E-state index contributed by atoms with van der Waals surface area (Å²) in [6, 6.07) is 3.95. The lowest BCUT2D eigenvalue weighted by Gasteiger charge is -2.33. The van der Waals surface area contributed by atoms with Crippen LogP contribution in [0.3, 0.4) is 0 Å². The summed E-state index contributed by atoms with van der Waals surface area (Å²) >= 11 is 0. The summed E-state index contributed by atoms with van der Waals surface area (Å²) in [4.78, 5) is 26.7. The molecule has 2 aliphatic heterocycles. The van der Waals surface area contributed by atoms with Crippen LogP contribution < -0.4 is 4.90 Å². The molecule has 0 N–H and O–H groups in total. The molecule has 144 valence electrons. The molecule has 0 unspecified atom stereocenters. The largest absolute Gasteiger partial charge is 0.378 e. The highest BCUT2D eigenvalue weighted by Crippen LogP contribution is 2.20. The average Bonchev–Trinajstić information content (AvgIpc) is 3.18. The first-order valence-corrected chi connectivity index (χ1v) is 9.28. The van der Waals surface area contributed by atoms with Gasteiger partial charge in [0.2, 0.25) is 17.6 Å². The Morgan fingerprint density at radius 1 is 1.11 bits per heavy atom. The maximum Gasteiger partial charge on any atom is 0.241 e. The van der Waals surface area contributed by atoms with E-state index in [1.165, 1.54) is 0 Å². The minimum absolute atomic E-state index is 0.128. The predicted molar refractivity (Wildman–Crippen MR) is 98.1 cm³/mol. The van der Waals surface area contributed by atoms with Crippen LogP contribution in [0, 0.1) is 0 Å². The Morgan fingerprint density at radius 3 is 2.56 bits per heavy atom. The summed E-state index contributed by atoms with van der Waals surface area (Å²) in [6.45, 7) is 8.49. The maximum absolute atomic E-state index is 11.4. The molecule has 4 rings (SSSR count). The number of carbonyl (C=O) groups is 1. The summed E-state index contributed by atoms with van der Waals surface area (Å²) in [7, 11) is 0. The van der Waals surface area contributed by atoms with E-state index >= 15 is 0 Å². The Kier molecular flexibility index (Phi) is 5.30. The number of amides is 1. The van der Waals surface area contributed by atoms with Gasteiger partial charge in [0.1, 0.15) is 5.82 Å². The van der Waals surface area contributed by atoms with Crippen molar-refractivity contribution in [1.82, 2.24) is 24.9 Å². The Balaban J connectivity index is 1.35. The van der Waals surface area contributed by atoms with Crippen molar-refractivity contribution >= 4 is 11.7 Å². The monoisotopic (exact) mass is 372 g/mol. The first kappa shape index (κ1) is 17.9. The molecule has 4 heterocycles. The fourth-order valence-corrected chi connectivity index (χ4v) is 3.35. The van der Waals surface area contributed by atoms with Crippen LogP contribution in [0.1, 0.15) is 12.8 Å². The minimum Gasteiger partial charge on any atom is -0.378 e. The summed E-state index contributed by atoms with van der Waals surface area (Å²) in [5.74, 6) is 2.20. The lowest BCUT2D eigenvalue weighted by atomic mass is 10.2. The highest BCUT2D eigenvalue weighted by molar-refractivity contribution is 5.73. The van der Waals surface area contributed by atoms with Crippen LogP contribution in [-0.4, -0.2) is 83.3 Å². The minimum atomic E-state index is 0.128. The van der Waals surface area contributed by atoms with Crippen molar-refractivity contribution in [3.63, 3.8) is 0 Å². The number of ether oxygens (including phenoxy) is 1. The number of pyridine rings is 1. The molecule has 0 radical (unpaired) electrons. The molecule has 2 aliphatic rings. The number of piperazine rings is 1. The second-order valence-corrected chi connectivity index (χ2v) is 6.80. The molecule has 9 heteroatoms. The van der Waals surface area contributed by atoms with Gasteiger partial charge >= 0.3 is 0 Å². The van der Waals surface area contributed by atoms with E-state index in [2.05, 4.69) is 24.9 Å². The average molecular weight is 372 g/mol. The molecular weight excluding hydrogens is 348 g/mol. The molecule has 0 saturated carbocycles. The van der Waals surface area contributed by atoms with E-state index in [0.29, 0.717) is 18.3 Å². The van der Waals surface area contributed by atoms with Crippen molar-refractivity contribution in [2.24, 2.45) is 0 Å². The van der Waals surface area contributed by atoms with Crippen molar-refractivity contribution in [1.29, 1.82) is 0 Å². The number of anilines is 1. The fraction of sp³-hybridized carbons (Fsp3) is 0.556. The van der Waals surface area contributed by atoms with E-state index in [9.17, 15) is 4.79 Å². The van der Waals surface area contributed by atoms with Gasteiger partial charge in [0.25, 0.3) is 0 Å². The fourth-order valence-electron chi connectivity index (χ4n) is 3.35. The summed E-state index contributed by atoms with van der Waals surface area (Å²) in [5, 5.41) is 4.09. The van der Waals surface area contributed by atoms with Gasteiger partial charge in [-0.05, 0) is 12.1 Å². The Morgan fingerprint density at radius 2 is 1.89 bits per heavy atom. The second kappa shape index (κ2) is 8.01. The predicted octanol–water partition coefficient (Wildman–Crippen LogP) is 0.632. The molecule has 0 aliphatic carbocycles. The Bertz CT molecular complexity index is 764. The third-order valence-electron chi connectivity index (χ3n) is 4.99. The molecule has 2 aromatic heterocycles. The number of carbonyl (C=O) groups excluding carboxylic acids is 1. The lowest BCUT2D eigenvalue weighted by Crippen LogP contribution is -2.47. The van der Waals surface area contributed by atoms with Crippen molar-refractivity contribution in [3.8, 4) is 11.4 Å². The van der Waals surface area contributed by atoms with Crippen molar-refractivity contribution < 1.29 is 14.1 Å². The molecule has 0 spiro atoms. The van der Waals surface area contributed by atoms with E-state index in [1.807, 2.05) is 17.0 Å². The molecule has 0 bridgehead atoms. The van der Waals surface area contributed by atoms with Crippen LogP contribution >= 0.6 is 0 Å². The van der Waals surface area contributed by atoms with Gasteiger partial charge in [-0.3, -0.25) is 9.69 Å². The molecular formula is C18H24N6O3. The quantitative estimate of drug-likeness (QED) is 0.772. The molecule has 1 amide bonds. The van der Waals surface area contributed by atoms with Gasteiger partial charge in [0, 0.05) is 58.0 Å². The third kappa shape index (κ3) is 4.25. The maximum atomic E-state index is 11.4. The zero-order chi connectivity index (χ0) is 18.6. The van der Waals surface area contributed by atoms with Crippen LogP contribution in [0.25, 0.3) is 11.4 Å². The number of hydrogen-bond acceptors (Lipinski definition) is 8. The second-order valence-electron chi connectivity index (χ2n) is 6.80. The summed E-state index contributed by atoms with van der Waals surface area (Å²) < 4.78 is 10.8. The highest BCUT2D eigenvalue weighted by atomic mass is 16.5. The van der Waals surface area contributed by atoms with Crippen LogP contribution in [0.2, 0.25) is 0 Å². The molecule has 2 aromatic rings. The number of aromatic nitrogens is 3. The third-order valence-corrected chi connectivity index (χ3v) is 4.99. The zero-order valence-corrected chi connectivity index (χ0v) is 15.5. The van der Waals surface area contributed by atoms with Gasteiger partial charge < -0.3 is 19.1 Å². The molecule has 2 fully saturated rings. The van der Waals surface area contributed by atoms with Crippen molar-refractivity contribution in [2.75, 3.05) is 57.4 Å². The molecule has 27 heavy (non-hydrogen) atoms. The van der Waals surface area contributed by atoms with Crippen molar-refractivity contribution in [3.05, 3.63) is 24.2 Å². The highest BCUT2D eigenvalue weighted by Gasteiger charge is 2.21. The van der Waals surface area contributed by atoms with Gasteiger partial charge in [-0.2, -0.15) is 4.98 Å². The van der Waals surface area contributed by atoms with Gasteiger partial charge in [-0.25, -0.2) is 4.98 Å². The number of rotatable bonds is 4. The van der Waals surface area contributed by atoms with E-state index in [-0.39, 0.29) is 5.91 Å². The summed E-state index contributed by atoms with van der Waals surface area (Å²) in [6.07, 6.45) is 1.78. The van der Waals surface area contributed by atoms with Crippen LogP contribution in [-0.2, 0) is 16.1 Å². The first-order chi connectivity index (χ1) is 13.2.